The van der Waals surface area contributed by atoms with Gasteiger partial charge in [-0.05, 0) is 42.1 Å². The summed E-state index contributed by atoms with van der Waals surface area (Å²) in [5.41, 5.74) is 3.47. The number of amides is 2. The quantitative estimate of drug-likeness (QED) is 0.567. The Hall–Kier alpha value is -3.64. The monoisotopic (exact) mass is 411 g/mol. The Morgan fingerprint density at radius 1 is 0.767 bits per heavy atom. The molecule has 3 aromatic rings. The summed E-state index contributed by atoms with van der Waals surface area (Å²) < 4.78 is 0. The number of rotatable bonds is 2. The molecule has 2 amide bonds. The number of likely N-dealkylation sites (N-methyl/N-ethyl adjacent to an activating group) is 1. The molecule has 30 heavy (non-hydrogen) atoms. The van der Waals surface area contributed by atoms with Crippen LogP contribution >= 0.6 is 11.8 Å². The van der Waals surface area contributed by atoms with Crippen molar-refractivity contribution < 1.29 is 9.59 Å². The van der Waals surface area contributed by atoms with Crippen molar-refractivity contribution in [2.75, 3.05) is 16.8 Å². The molecule has 0 aromatic heterocycles. The SMILES string of the molecule is CN1C(=O)C(=C2SC(=Nc3ccccc3)N(c3ccccc3)C2=O)c2ccccc21. The number of thioether (sulfide) groups is 1. The number of hydrogen-bond acceptors (Lipinski definition) is 4. The summed E-state index contributed by atoms with van der Waals surface area (Å²) in [6.07, 6.45) is 0. The minimum atomic E-state index is -0.241. The molecule has 146 valence electrons. The standard InChI is InChI=1S/C24H17N3O2S/c1-26-19-15-9-8-14-18(19)20(22(26)28)21-23(29)27(17-12-6-3-7-13-17)24(30-21)25-16-10-4-2-5-11-16/h2-15H,1H3. The molecule has 5 rings (SSSR count). The van der Waals surface area contributed by atoms with Crippen LogP contribution in [0.4, 0.5) is 17.1 Å². The van der Waals surface area contributed by atoms with Gasteiger partial charge in [0.25, 0.3) is 11.8 Å². The first kappa shape index (κ1) is 18.4. The highest BCUT2D eigenvalue weighted by Crippen LogP contribution is 2.45. The van der Waals surface area contributed by atoms with Crippen LogP contribution in [-0.4, -0.2) is 24.0 Å². The lowest BCUT2D eigenvalue weighted by molar-refractivity contribution is -0.115. The van der Waals surface area contributed by atoms with Gasteiger partial charge < -0.3 is 4.90 Å². The molecule has 1 fully saturated rings. The highest BCUT2D eigenvalue weighted by atomic mass is 32.2. The molecule has 0 N–H and O–H groups in total. The van der Waals surface area contributed by atoms with E-state index in [1.54, 1.807) is 16.8 Å². The highest BCUT2D eigenvalue weighted by Gasteiger charge is 2.42. The Bertz CT molecular complexity index is 1220. The van der Waals surface area contributed by atoms with Crippen molar-refractivity contribution in [3.63, 3.8) is 0 Å². The van der Waals surface area contributed by atoms with Gasteiger partial charge in [0.1, 0.15) is 0 Å². The van der Waals surface area contributed by atoms with Gasteiger partial charge in [0.15, 0.2) is 5.17 Å². The van der Waals surface area contributed by atoms with E-state index in [4.69, 9.17) is 4.99 Å². The van der Waals surface area contributed by atoms with Gasteiger partial charge in [-0.15, -0.1) is 0 Å². The summed E-state index contributed by atoms with van der Waals surface area (Å²) in [5.74, 6) is -0.421. The zero-order chi connectivity index (χ0) is 20.7. The van der Waals surface area contributed by atoms with E-state index < -0.39 is 0 Å². The van der Waals surface area contributed by atoms with E-state index in [-0.39, 0.29) is 11.8 Å². The van der Waals surface area contributed by atoms with Crippen LogP contribution < -0.4 is 9.80 Å². The molecule has 0 radical (unpaired) electrons. The average molecular weight is 411 g/mol. The predicted octanol–water partition coefficient (Wildman–Crippen LogP) is 4.84. The maximum absolute atomic E-state index is 13.6. The van der Waals surface area contributed by atoms with Crippen LogP contribution in [0.1, 0.15) is 5.56 Å². The number of anilines is 2. The Labute approximate surface area is 178 Å². The molecule has 0 saturated carbocycles. The molecule has 0 spiro atoms. The number of benzene rings is 3. The van der Waals surface area contributed by atoms with Crippen molar-refractivity contribution in [1.29, 1.82) is 0 Å². The average Bonchev–Trinajstić information content (AvgIpc) is 3.23. The van der Waals surface area contributed by atoms with E-state index in [0.29, 0.717) is 21.3 Å². The molecule has 2 aliphatic heterocycles. The second-order valence-corrected chi connectivity index (χ2v) is 7.87. The molecule has 2 aliphatic rings. The van der Waals surface area contributed by atoms with Crippen LogP contribution in [0.25, 0.3) is 5.57 Å². The molecule has 0 bridgehead atoms. The largest absolute Gasteiger partial charge is 0.311 e. The first-order valence-corrected chi connectivity index (χ1v) is 10.3. The van der Waals surface area contributed by atoms with E-state index in [9.17, 15) is 9.59 Å². The van der Waals surface area contributed by atoms with E-state index in [2.05, 4.69) is 0 Å². The van der Waals surface area contributed by atoms with Crippen molar-refractivity contribution in [1.82, 2.24) is 0 Å². The van der Waals surface area contributed by atoms with Crippen LogP contribution in [0.15, 0.2) is 94.8 Å². The molecule has 3 aromatic carbocycles. The lowest BCUT2D eigenvalue weighted by Crippen LogP contribution is -2.29. The van der Waals surface area contributed by atoms with E-state index >= 15 is 0 Å². The molecule has 0 unspecified atom stereocenters. The summed E-state index contributed by atoms with van der Waals surface area (Å²) >= 11 is 1.24. The summed E-state index contributed by atoms with van der Waals surface area (Å²) in [7, 11) is 1.73. The summed E-state index contributed by atoms with van der Waals surface area (Å²) in [4.78, 5) is 34.9. The van der Waals surface area contributed by atoms with Gasteiger partial charge in [0.2, 0.25) is 0 Å². The number of aliphatic imine (C=N–C) groups is 1. The number of fused-ring (bicyclic) bond motifs is 1. The predicted molar refractivity (Wildman–Crippen MR) is 122 cm³/mol. The number of amidine groups is 1. The minimum Gasteiger partial charge on any atom is -0.311 e. The Morgan fingerprint density at radius 3 is 2.13 bits per heavy atom. The number of carbonyl (C=O) groups excluding carboxylic acids is 2. The number of hydrogen-bond donors (Lipinski definition) is 0. The highest BCUT2D eigenvalue weighted by molar-refractivity contribution is 8.19. The first-order valence-electron chi connectivity index (χ1n) is 9.48. The van der Waals surface area contributed by atoms with Crippen LogP contribution in [0, 0.1) is 0 Å². The maximum Gasteiger partial charge on any atom is 0.272 e. The lowest BCUT2D eigenvalue weighted by atomic mass is 10.1. The normalized spacial score (nSPS) is 19.7. The second kappa shape index (κ2) is 7.31. The Morgan fingerprint density at radius 2 is 1.40 bits per heavy atom. The van der Waals surface area contributed by atoms with E-state index in [1.807, 2.05) is 84.9 Å². The van der Waals surface area contributed by atoms with Gasteiger partial charge in [-0.3, -0.25) is 14.5 Å². The van der Waals surface area contributed by atoms with Crippen molar-refractivity contribution in [3.8, 4) is 0 Å². The topological polar surface area (TPSA) is 53.0 Å². The zero-order valence-corrected chi connectivity index (χ0v) is 17.0. The van der Waals surface area contributed by atoms with Crippen LogP contribution in [-0.2, 0) is 9.59 Å². The van der Waals surface area contributed by atoms with Gasteiger partial charge in [-0.25, -0.2) is 4.99 Å². The zero-order valence-electron chi connectivity index (χ0n) is 16.1. The van der Waals surface area contributed by atoms with Crippen LogP contribution in [0.2, 0.25) is 0 Å². The van der Waals surface area contributed by atoms with Crippen molar-refractivity contribution >= 4 is 51.4 Å². The van der Waals surface area contributed by atoms with Crippen molar-refractivity contribution in [2.45, 2.75) is 0 Å². The van der Waals surface area contributed by atoms with Gasteiger partial charge in [-0.1, -0.05) is 54.6 Å². The van der Waals surface area contributed by atoms with Crippen LogP contribution in [0.5, 0.6) is 0 Å². The molecular formula is C24H17N3O2S. The number of para-hydroxylation sites is 3. The molecule has 6 heteroatoms. The van der Waals surface area contributed by atoms with Gasteiger partial charge >= 0.3 is 0 Å². The van der Waals surface area contributed by atoms with Gasteiger partial charge in [0.05, 0.1) is 27.5 Å². The van der Waals surface area contributed by atoms with Crippen LogP contribution in [0.3, 0.4) is 0 Å². The lowest BCUT2D eigenvalue weighted by Gasteiger charge is -2.15. The third-order valence-corrected chi connectivity index (χ3v) is 6.10. The fourth-order valence-electron chi connectivity index (χ4n) is 3.61. The fourth-order valence-corrected chi connectivity index (χ4v) is 4.70. The fraction of sp³-hybridized carbons (Fsp3) is 0.0417. The second-order valence-electron chi connectivity index (χ2n) is 6.89. The summed E-state index contributed by atoms with van der Waals surface area (Å²) in [6, 6.07) is 26.4. The maximum atomic E-state index is 13.6. The molecule has 0 atom stereocenters. The van der Waals surface area contributed by atoms with Crippen molar-refractivity contribution in [3.05, 3.63) is 95.4 Å². The minimum absolute atomic E-state index is 0.180. The Balaban J connectivity index is 1.69. The van der Waals surface area contributed by atoms with Gasteiger partial charge in [0, 0.05) is 12.6 Å². The van der Waals surface area contributed by atoms with Gasteiger partial charge in [-0.2, -0.15) is 0 Å². The molecule has 5 nitrogen and oxygen atoms in total. The first-order chi connectivity index (χ1) is 14.6. The molecule has 1 saturated heterocycles. The summed E-state index contributed by atoms with van der Waals surface area (Å²) in [6.45, 7) is 0. The molecule has 0 aliphatic carbocycles. The Kier molecular flexibility index (Phi) is 4.48. The number of carbonyl (C=O) groups is 2. The molecule has 2 heterocycles. The number of nitrogens with zero attached hydrogens (tertiary/aromatic N) is 3. The molecular weight excluding hydrogens is 394 g/mol. The van der Waals surface area contributed by atoms with Crippen molar-refractivity contribution in [2.24, 2.45) is 4.99 Å². The van der Waals surface area contributed by atoms with E-state index in [1.165, 1.54) is 11.8 Å². The summed E-state index contributed by atoms with van der Waals surface area (Å²) in [5, 5.41) is 0.528. The third kappa shape index (κ3) is 2.93. The van der Waals surface area contributed by atoms with E-state index in [0.717, 1.165) is 16.9 Å². The smallest absolute Gasteiger partial charge is 0.272 e. The third-order valence-electron chi connectivity index (χ3n) is 5.06.